The molecule has 0 atom stereocenters. The van der Waals surface area contributed by atoms with Crippen LogP contribution in [-0.4, -0.2) is 11.3 Å². The molecule has 0 saturated carbocycles. The second-order valence-corrected chi connectivity index (χ2v) is 5.61. The van der Waals surface area contributed by atoms with Gasteiger partial charge >= 0.3 is 0 Å². The highest BCUT2D eigenvalue weighted by molar-refractivity contribution is 5.62. The minimum Gasteiger partial charge on any atom is -0.491 e. The van der Waals surface area contributed by atoms with E-state index in [1.807, 2.05) is 69.3 Å². The minimum absolute atomic E-state index is 0.161. The Kier molecular flexibility index (Phi) is 4.33. The second kappa shape index (κ2) is 6.57. The summed E-state index contributed by atoms with van der Waals surface area (Å²) in [5.41, 5.74) is 2.87. The average molecular weight is 309 g/mol. The van der Waals surface area contributed by atoms with Crippen molar-refractivity contribution in [3.8, 4) is 28.5 Å². The van der Waals surface area contributed by atoms with Crippen LogP contribution in [0.4, 0.5) is 0 Å². The third-order valence-corrected chi connectivity index (χ3v) is 3.31. The highest BCUT2D eigenvalue weighted by atomic mass is 16.5. The van der Waals surface area contributed by atoms with Crippen LogP contribution in [0, 0.1) is 6.92 Å². The summed E-state index contributed by atoms with van der Waals surface area (Å²) in [7, 11) is 0. The lowest BCUT2D eigenvalue weighted by Crippen LogP contribution is -2.05. The van der Waals surface area contributed by atoms with Crippen molar-refractivity contribution in [3.05, 3.63) is 60.4 Å². The largest absolute Gasteiger partial charge is 0.491 e. The maximum absolute atomic E-state index is 5.84. The summed E-state index contributed by atoms with van der Waals surface area (Å²) in [4.78, 5) is 0. The fourth-order valence-corrected chi connectivity index (χ4v) is 2.24. The highest BCUT2D eigenvalue weighted by Crippen LogP contribution is 2.27. The first-order chi connectivity index (χ1) is 11.1. The van der Waals surface area contributed by atoms with Gasteiger partial charge in [-0.2, -0.15) is 0 Å². The molecule has 23 heavy (non-hydrogen) atoms. The molecule has 0 saturated heterocycles. The van der Waals surface area contributed by atoms with Crippen LogP contribution in [0.5, 0.6) is 17.2 Å². The SMILES string of the molecule is Cc1conc1-c1ccc(Oc2ccc(OC(C)C)cc2)cc1. The summed E-state index contributed by atoms with van der Waals surface area (Å²) in [6.07, 6.45) is 1.80. The molecule has 3 rings (SSSR count). The van der Waals surface area contributed by atoms with Gasteiger partial charge in [-0.1, -0.05) is 5.16 Å². The van der Waals surface area contributed by atoms with E-state index >= 15 is 0 Å². The Morgan fingerprint density at radius 3 is 1.96 bits per heavy atom. The molecule has 4 heteroatoms. The van der Waals surface area contributed by atoms with Crippen molar-refractivity contribution in [2.75, 3.05) is 0 Å². The van der Waals surface area contributed by atoms with Crippen LogP contribution in [0.15, 0.2) is 59.3 Å². The zero-order valence-electron chi connectivity index (χ0n) is 13.4. The Hall–Kier alpha value is -2.75. The van der Waals surface area contributed by atoms with Gasteiger partial charge in [0.05, 0.1) is 6.10 Å². The van der Waals surface area contributed by atoms with Gasteiger partial charge in [0.25, 0.3) is 0 Å². The summed E-state index contributed by atoms with van der Waals surface area (Å²) >= 11 is 0. The second-order valence-electron chi connectivity index (χ2n) is 5.61. The van der Waals surface area contributed by atoms with Gasteiger partial charge in [0.15, 0.2) is 0 Å². The van der Waals surface area contributed by atoms with Crippen LogP contribution in [0.2, 0.25) is 0 Å². The Balaban J connectivity index is 1.70. The number of rotatable bonds is 5. The molecule has 0 amide bonds. The number of ether oxygens (including phenoxy) is 2. The van der Waals surface area contributed by atoms with Crippen LogP contribution in [0.1, 0.15) is 19.4 Å². The predicted molar refractivity (Wildman–Crippen MR) is 89.0 cm³/mol. The van der Waals surface area contributed by atoms with E-state index in [2.05, 4.69) is 5.16 Å². The smallest absolute Gasteiger partial charge is 0.127 e. The number of aromatic nitrogens is 1. The van der Waals surface area contributed by atoms with Crippen LogP contribution in [0.25, 0.3) is 11.3 Å². The molecule has 0 aliphatic heterocycles. The van der Waals surface area contributed by atoms with E-state index in [1.54, 1.807) is 6.26 Å². The van der Waals surface area contributed by atoms with Crippen molar-refractivity contribution in [2.24, 2.45) is 0 Å². The van der Waals surface area contributed by atoms with Gasteiger partial charge in [-0.25, -0.2) is 0 Å². The maximum atomic E-state index is 5.84. The first-order valence-corrected chi connectivity index (χ1v) is 7.58. The minimum atomic E-state index is 0.161. The van der Waals surface area contributed by atoms with E-state index in [1.165, 1.54) is 0 Å². The molecule has 0 fully saturated rings. The van der Waals surface area contributed by atoms with Gasteiger partial charge in [0.2, 0.25) is 0 Å². The lowest BCUT2D eigenvalue weighted by Gasteiger charge is -2.11. The van der Waals surface area contributed by atoms with Gasteiger partial charge in [-0.05, 0) is 69.3 Å². The van der Waals surface area contributed by atoms with E-state index in [9.17, 15) is 0 Å². The summed E-state index contributed by atoms with van der Waals surface area (Å²) in [5.74, 6) is 2.38. The van der Waals surface area contributed by atoms with Crippen molar-refractivity contribution < 1.29 is 14.0 Å². The Morgan fingerprint density at radius 1 is 0.870 bits per heavy atom. The monoisotopic (exact) mass is 309 g/mol. The van der Waals surface area contributed by atoms with Gasteiger partial charge in [0.1, 0.15) is 29.2 Å². The Labute approximate surface area is 135 Å². The van der Waals surface area contributed by atoms with Gasteiger partial charge in [-0.15, -0.1) is 0 Å². The number of benzene rings is 2. The maximum Gasteiger partial charge on any atom is 0.127 e. The summed E-state index contributed by atoms with van der Waals surface area (Å²) in [5, 5.41) is 4.00. The molecular weight excluding hydrogens is 290 g/mol. The van der Waals surface area contributed by atoms with Gasteiger partial charge < -0.3 is 14.0 Å². The molecular formula is C19H19NO3. The van der Waals surface area contributed by atoms with Gasteiger partial charge in [0, 0.05) is 11.1 Å². The van der Waals surface area contributed by atoms with Crippen LogP contribution >= 0.6 is 0 Å². The number of nitrogens with zero attached hydrogens (tertiary/aromatic N) is 1. The highest BCUT2D eigenvalue weighted by Gasteiger charge is 2.07. The molecule has 4 nitrogen and oxygen atoms in total. The summed E-state index contributed by atoms with van der Waals surface area (Å²) in [6, 6.07) is 15.4. The number of hydrogen-bond acceptors (Lipinski definition) is 4. The zero-order valence-corrected chi connectivity index (χ0v) is 13.4. The van der Waals surface area contributed by atoms with E-state index in [4.69, 9.17) is 14.0 Å². The molecule has 0 unspecified atom stereocenters. The molecule has 0 radical (unpaired) electrons. The van der Waals surface area contributed by atoms with E-state index < -0.39 is 0 Å². The Morgan fingerprint density at radius 2 is 1.43 bits per heavy atom. The molecule has 1 heterocycles. The van der Waals surface area contributed by atoms with Crippen LogP contribution in [-0.2, 0) is 0 Å². The van der Waals surface area contributed by atoms with Crippen LogP contribution in [0.3, 0.4) is 0 Å². The fraction of sp³-hybridized carbons (Fsp3) is 0.211. The summed E-state index contributed by atoms with van der Waals surface area (Å²) < 4.78 is 16.4. The van der Waals surface area contributed by atoms with Crippen LogP contribution < -0.4 is 9.47 Å². The summed E-state index contributed by atoms with van der Waals surface area (Å²) in [6.45, 7) is 5.97. The first kappa shape index (κ1) is 15.2. The van der Waals surface area contributed by atoms with Crippen molar-refractivity contribution in [3.63, 3.8) is 0 Å². The topological polar surface area (TPSA) is 44.5 Å². The molecule has 0 bridgehead atoms. The third-order valence-electron chi connectivity index (χ3n) is 3.31. The average Bonchev–Trinajstić information content (AvgIpc) is 2.96. The molecule has 0 spiro atoms. The first-order valence-electron chi connectivity index (χ1n) is 7.58. The Bertz CT molecular complexity index is 758. The lowest BCUT2D eigenvalue weighted by molar-refractivity contribution is 0.242. The van der Waals surface area contributed by atoms with Crippen molar-refractivity contribution >= 4 is 0 Å². The van der Waals surface area contributed by atoms with E-state index in [0.717, 1.165) is 34.1 Å². The molecule has 0 N–H and O–H groups in total. The molecule has 3 aromatic rings. The lowest BCUT2D eigenvalue weighted by atomic mass is 10.1. The van der Waals surface area contributed by atoms with E-state index in [-0.39, 0.29) is 6.10 Å². The molecule has 118 valence electrons. The number of hydrogen-bond donors (Lipinski definition) is 0. The third kappa shape index (κ3) is 3.72. The van der Waals surface area contributed by atoms with Crippen molar-refractivity contribution in [1.82, 2.24) is 5.16 Å². The molecule has 1 aromatic heterocycles. The fourth-order valence-electron chi connectivity index (χ4n) is 2.24. The normalized spacial score (nSPS) is 10.8. The molecule has 0 aliphatic rings. The van der Waals surface area contributed by atoms with Gasteiger partial charge in [-0.3, -0.25) is 0 Å². The molecule has 2 aromatic carbocycles. The van der Waals surface area contributed by atoms with Crippen molar-refractivity contribution in [2.45, 2.75) is 26.9 Å². The zero-order chi connectivity index (χ0) is 16.2. The molecule has 0 aliphatic carbocycles. The standard InChI is InChI=1S/C19H19NO3/c1-13(2)22-16-8-10-18(11-9-16)23-17-6-4-15(5-7-17)19-14(3)12-21-20-19/h4-13H,1-3H3. The predicted octanol–water partition coefficient (Wildman–Crippen LogP) is 5.23. The van der Waals surface area contributed by atoms with Crippen molar-refractivity contribution in [1.29, 1.82) is 0 Å². The quantitative estimate of drug-likeness (QED) is 0.647. The van der Waals surface area contributed by atoms with E-state index in [0.29, 0.717) is 0 Å². The number of aryl methyl sites for hydroxylation is 1.